The van der Waals surface area contributed by atoms with E-state index in [-0.39, 0.29) is 5.91 Å². The minimum atomic E-state index is 0.0452. The Morgan fingerprint density at radius 2 is 2.27 bits per heavy atom. The molecule has 0 radical (unpaired) electrons. The molecular formula is C9H14BrN3OS. The first kappa shape index (κ1) is 12.6. The number of alkyl halides is 1. The Morgan fingerprint density at radius 1 is 1.53 bits per heavy atom. The van der Waals surface area contributed by atoms with Crippen molar-refractivity contribution < 1.29 is 4.79 Å². The van der Waals surface area contributed by atoms with Crippen molar-refractivity contribution in [1.82, 2.24) is 14.5 Å². The van der Waals surface area contributed by atoms with E-state index in [4.69, 9.17) is 0 Å². The van der Waals surface area contributed by atoms with Crippen molar-refractivity contribution in [1.29, 1.82) is 0 Å². The zero-order chi connectivity index (χ0) is 11.3. The lowest BCUT2D eigenvalue weighted by molar-refractivity contribution is 0.0770. The van der Waals surface area contributed by atoms with Crippen molar-refractivity contribution in [3.05, 3.63) is 10.6 Å². The Kier molecular flexibility index (Phi) is 5.17. The van der Waals surface area contributed by atoms with Crippen LogP contribution in [0.15, 0.2) is 0 Å². The van der Waals surface area contributed by atoms with Crippen molar-refractivity contribution in [3.63, 3.8) is 0 Å². The molecule has 0 aliphatic rings. The predicted octanol–water partition coefficient (Wildman–Crippen LogP) is 2.09. The molecule has 15 heavy (non-hydrogen) atoms. The highest BCUT2D eigenvalue weighted by molar-refractivity contribution is 9.09. The van der Waals surface area contributed by atoms with Gasteiger partial charge in [-0.15, -0.1) is 5.10 Å². The fourth-order valence-electron chi connectivity index (χ4n) is 1.26. The molecule has 84 valence electrons. The molecule has 0 saturated heterocycles. The van der Waals surface area contributed by atoms with E-state index in [0.29, 0.717) is 4.88 Å². The van der Waals surface area contributed by atoms with Crippen LogP contribution in [-0.2, 0) is 0 Å². The Morgan fingerprint density at radius 3 is 2.73 bits per heavy atom. The molecule has 0 aromatic carbocycles. The third-order valence-corrected chi connectivity index (χ3v) is 3.15. The molecule has 0 aliphatic carbocycles. The molecule has 4 nitrogen and oxygen atoms in total. The minimum Gasteiger partial charge on any atom is -0.337 e. The summed E-state index contributed by atoms with van der Waals surface area (Å²) in [7, 11) is 0. The summed E-state index contributed by atoms with van der Waals surface area (Å²) in [6.45, 7) is 5.38. The quantitative estimate of drug-likeness (QED) is 0.781. The Hall–Kier alpha value is -0.490. The average molecular weight is 292 g/mol. The normalized spacial score (nSPS) is 10.3. The number of amides is 1. The fraction of sp³-hybridized carbons (Fsp3) is 0.667. The summed E-state index contributed by atoms with van der Waals surface area (Å²) in [6, 6.07) is 0. The summed E-state index contributed by atoms with van der Waals surface area (Å²) in [5.41, 5.74) is 0.723. The molecule has 1 aromatic rings. The molecule has 0 saturated carbocycles. The first-order chi connectivity index (χ1) is 7.20. The Labute approximate surface area is 102 Å². The van der Waals surface area contributed by atoms with Crippen LogP contribution in [0.1, 0.15) is 28.7 Å². The van der Waals surface area contributed by atoms with E-state index in [0.717, 1.165) is 30.5 Å². The Bertz CT molecular complexity index is 323. The number of aromatic nitrogens is 2. The highest BCUT2D eigenvalue weighted by Gasteiger charge is 2.19. The van der Waals surface area contributed by atoms with Gasteiger partial charge in [0.05, 0.1) is 5.69 Å². The highest BCUT2D eigenvalue weighted by atomic mass is 79.9. The SMILES string of the molecule is CCCN(CCBr)C(=O)c1snnc1C. The number of carbonyl (C=O) groups excluding carboxylic acids is 1. The second-order valence-corrected chi connectivity index (χ2v) is 4.72. The summed E-state index contributed by atoms with van der Waals surface area (Å²) in [6.07, 6.45) is 0.962. The molecule has 0 bridgehead atoms. The maximum atomic E-state index is 12.0. The van der Waals surface area contributed by atoms with Crippen molar-refractivity contribution in [2.24, 2.45) is 0 Å². The average Bonchev–Trinajstić information content (AvgIpc) is 2.63. The number of aryl methyl sites for hydroxylation is 1. The molecule has 0 atom stereocenters. The second kappa shape index (κ2) is 6.17. The van der Waals surface area contributed by atoms with Crippen LogP contribution in [0.4, 0.5) is 0 Å². The number of rotatable bonds is 5. The topological polar surface area (TPSA) is 46.1 Å². The van der Waals surface area contributed by atoms with E-state index in [9.17, 15) is 4.79 Å². The van der Waals surface area contributed by atoms with Crippen LogP contribution in [0.2, 0.25) is 0 Å². The largest absolute Gasteiger partial charge is 0.337 e. The van der Waals surface area contributed by atoms with Crippen LogP contribution in [0.3, 0.4) is 0 Å². The molecule has 1 rings (SSSR count). The lowest BCUT2D eigenvalue weighted by Gasteiger charge is -2.19. The van der Waals surface area contributed by atoms with Gasteiger partial charge in [0.15, 0.2) is 0 Å². The van der Waals surface area contributed by atoms with Gasteiger partial charge in [-0.05, 0) is 24.9 Å². The van der Waals surface area contributed by atoms with E-state index in [1.54, 1.807) is 0 Å². The number of hydrogen-bond donors (Lipinski definition) is 0. The van der Waals surface area contributed by atoms with E-state index in [1.807, 2.05) is 11.8 Å². The van der Waals surface area contributed by atoms with Crippen LogP contribution < -0.4 is 0 Å². The van der Waals surface area contributed by atoms with Crippen LogP contribution >= 0.6 is 27.5 Å². The van der Waals surface area contributed by atoms with Gasteiger partial charge >= 0.3 is 0 Å². The number of halogens is 1. The summed E-state index contributed by atoms with van der Waals surface area (Å²) in [5.74, 6) is 0.0452. The van der Waals surface area contributed by atoms with Crippen molar-refractivity contribution >= 4 is 33.4 Å². The molecule has 0 N–H and O–H groups in total. The van der Waals surface area contributed by atoms with Gasteiger partial charge in [-0.25, -0.2) is 0 Å². The van der Waals surface area contributed by atoms with Crippen molar-refractivity contribution in [2.75, 3.05) is 18.4 Å². The van der Waals surface area contributed by atoms with Gasteiger partial charge in [-0.2, -0.15) is 0 Å². The Balaban J connectivity index is 2.76. The van der Waals surface area contributed by atoms with Crippen molar-refractivity contribution in [3.8, 4) is 0 Å². The first-order valence-electron chi connectivity index (χ1n) is 4.84. The lowest BCUT2D eigenvalue weighted by atomic mass is 10.3. The molecule has 6 heteroatoms. The number of nitrogens with zero attached hydrogens (tertiary/aromatic N) is 3. The summed E-state index contributed by atoms with van der Waals surface area (Å²) in [4.78, 5) is 14.5. The van der Waals surface area contributed by atoms with Gasteiger partial charge < -0.3 is 4.90 Å². The molecule has 0 unspecified atom stereocenters. The number of hydrogen-bond acceptors (Lipinski definition) is 4. The minimum absolute atomic E-state index is 0.0452. The van der Waals surface area contributed by atoms with Gasteiger partial charge in [0, 0.05) is 18.4 Å². The van der Waals surface area contributed by atoms with Gasteiger partial charge in [0.25, 0.3) is 5.91 Å². The van der Waals surface area contributed by atoms with E-state index in [1.165, 1.54) is 11.5 Å². The first-order valence-corrected chi connectivity index (χ1v) is 6.74. The zero-order valence-electron chi connectivity index (χ0n) is 8.86. The fourth-order valence-corrected chi connectivity index (χ4v) is 2.31. The van der Waals surface area contributed by atoms with E-state index < -0.39 is 0 Å². The molecule has 1 aromatic heterocycles. The van der Waals surface area contributed by atoms with Gasteiger partial charge in [-0.3, -0.25) is 4.79 Å². The van der Waals surface area contributed by atoms with Crippen LogP contribution in [-0.4, -0.2) is 38.8 Å². The standard InChI is InChI=1S/C9H14BrN3OS/c1-3-5-13(6-4-10)9(14)8-7(2)11-12-15-8/h3-6H2,1-2H3. The van der Waals surface area contributed by atoms with E-state index in [2.05, 4.69) is 32.4 Å². The third-order valence-electron chi connectivity index (χ3n) is 1.98. The summed E-state index contributed by atoms with van der Waals surface area (Å²) >= 11 is 4.52. The van der Waals surface area contributed by atoms with Gasteiger partial charge in [0.1, 0.15) is 4.88 Å². The molecule has 0 fully saturated rings. The van der Waals surface area contributed by atoms with Crippen LogP contribution in [0, 0.1) is 6.92 Å². The van der Waals surface area contributed by atoms with Gasteiger partial charge in [0.2, 0.25) is 0 Å². The predicted molar refractivity (Wildman–Crippen MR) is 64.6 cm³/mol. The third kappa shape index (κ3) is 3.24. The van der Waals surface area contributed by atoms with E-state index >= 15 is 0 Å². The molecular weight excluding hydrogens is 278 g/mol. The smallest absolute Gasteiger partial charge is 0.267 e. The van der Waals surface area contributed by atoms with Crippen molar-refractivity contribution in [2.45, 2.75) is 20.3 Å². The monoisotopic (exact) mass is 291 g/mol. The molecule has 1 amide bonds. The van der Waals surface area contributed by atoms with Crippen LogP contribution in [0.5, 0.6) is 0 Å². The van der Waals surface area contributed by atoms with Crippen LogP contribution in [0.25, 0.3) is 0 Å². The molecule has 0 spiro atoms. The molecule has 1 heterocycles. The summed E-state index contributed by atoms with van der Waals surface area (Å²) < 4.78 is 3.78. The second-order valence-electron chi connectivity index (χ2n) is 3.17. The maximum absolute atomic E-state index is 12.0. The lowest BCUT2D eigenvalue weighted by Crippen LogP contribution is -2.33. The zero-order valence-corrected chi connectivity index (χ0v) is 11.3. The highest BCUT2D eigenvalue weighted by Crippen LogP contribution is 2.13. The van der Waals surface area contributed by atoms with Gasteiger partial charge in [-0.1, -0.05) is 27.3 Å². The number of carbonyl (C=O) groups is 1. The molecule has 0 aliphatic heterocycles. The maximum Gasteiger partial charge on any atom is 0.267 e. The summed E-state index contributed by atoms with van der Waals surface area (Å²) in [5, 5.41) is 4.65.